The predicted octanol–water partition coefficient (Wildman–Crippen LogP) is 0.377. The summed E-state index contributed by atoms with van der Waals surface area (Å²) in [5, 5.41) is 9.27. The topological polar surface area (TPSA) is 129 Å². The molecule has 1 saturated heterocycles. The number of rotatable bonds is 8. The monoisotopic (exact) mass is 395 g/mol. The largest absolute Gasteiger partial charge is 0.482 e. The highest BCUT2D eigenvalue weighted by Crippen LogP contribution is 2.25. The van der Waals surface area contributed by atoms with Crippen molar-refractivity contribution in [3.63, 3.8) is 0 Å². The molecule has 1 amide bonds. The minimum Gasteiger partial charge on any atom is -0.482 e. The molecule has 0 aromatic heterocycles. The van der Waals surface area contributed by atoms with Gasteiger partial charge in [-0.05, 0) is 19.1 Å². The average Bonchev–Trinajstić information content (AvgIpc) is 2.65. The van der Waals surface area contributed by atoms with Gasteiger partial charge in [0, 0.05) is 25.2 Å². The zero-order chi connectivity index (χ0) is 20.7. The number of aliphatic carboxylic acids is 1. The maximum absolute atomic E-state index is 12.7. The van der Waals surface area contributed by atoms with Gasteiger partial charge in [0.05, 0.1) is 13.2 Å². The number of carboxylic acids is 1. The van der Waals surface area contributed by atoms with Gasteiger partial charge in [-0.1, -0.05) is 6.07 Å². The van der Waals surface area contributed by atoms with Crippen LogP contribution < -0.4 is 9.64 Å². The first-order valence-corrected chi connectivity index (χ1v) is 8.55. The van der Waals surface area contributed by atoms with Gasteiger partial charge in [-0.15, -0.1) is 0 Å². The van der Waals surface area contributed by atoms with Gasteiger partial charge in [0.1, 0.15) is 5.75 Å². The van der Waals surface area contributed by atoms with E-state index in [0.29, 0.717) is 11.4 Å². The number of amides is 1. The normalized spacial score (nSPS) is 17.6. The van der Waals surface area contributed by atoms with Gasteiger partial charge in [-0.2, -0.15) is 0 Å². The summed E-state index contributed by atoms with van der Waals surface area (Å²) in [6, 6.07) is 6.37. The van der Waals surface area contributed by atoms with E-state index in [2.05, 4.69) is 0 Å². The van der Waals surface area contributed by atoms with Gasteiger partial charge in [0.25, 0.3) is 5.91 Å². The summed E-state index contributed by atoms with van der Waals surface area (Å²) < 4.78 is 20.1. The molecular weight excluding hydrogens is 374 g/mol. The standard InChI is InChI=1S/C18H21NO9/c1-3-25-14(21)10-27-13-6-4-5-12(9-13)19-7-8-26-15(17(19)22)16(18(23)24)28-11(2)20/h4-6,9,15-16H,3,7-8,10H2,1-2H3,(H,23,24). The van der Waals surface area contributed by atoms with Crippen molar-refractivity contribution in [2.45, 2.75) is 26.1 Å². The fourth-order valence-corrected chi connectivity index (χ4v) is 2.59. The lowest BCUT2D eigenvalue weighted by Gasteiger charge is -2.34. The highest BCUT2D eigenvalue weighted by Gasteiger charge is 2.42. The minimum atomic E-state index is -1.75. The van der Waals surface area contributed by atoms with E-state index < -0.39 is 36.0 Å². The van der Waals surface area contributed by atoms with Gasteiger partial charge in [0.2, 0.25) is 6.10 Å². The van der Waals surface area contributed by atoms with Gasteiger partial charge in [0.15, 0.2) is 12.7 Å². The Kier molecular flexibility index (Phi) is 7.33. The highest BCUT2D eigenvalue weighted by molar-refractivity contribution is 6.00. The molecule has 0 saturated carbocycles. The molecule has 0 bridgehead atoms. The summed E-state index contributed by atoms with van der Waals surface area (Å²) in [6.45, 7) is 2.90. The molecule has 1 aromatic rings. The molecule has 1 heterocycles. The van der Waals surface area contributed by atoms with Crippen LogP contribution in [0.5, 0.6) is 5.75 Å². The second-order valence-electron chi connectivity index (χ2n) is 5.74. The lowest BCUT2D eigenvalue weighted by molar-refractivity contribution is -0.177. The van der Waals surface area contributed by atoms with Crippen LogP contribution in [-0.4, -0.2) is 67.5 Å². The molecule has 1 aliphatic rings. The van der Waals surface area contributed by atoms with Crippen LogP contribution in [0.25, 0.3) is 0 Å². The van der Waals surface area contributed by atoms with E-state index in [1.165, 1.54) is 11.0 Å². The number of hydrogen-bond acceptors (Lipinski definition) is 8. The first kappa shape index (κ1) is 21.2. The number of carboxylic acid groups (broad SMARTS) is 1. The van der Waals surface area contributed by atoms with Crippen LogP contribution in [0.3, 0.4) is 0 Å². The molecule has 1 N–H and O–H groups in total. The lowest BCUT2D eigenvalue weighted by atomic mass is 10.1. The van der Waals surface area contributed by atoms with Crippen molar-refractivity contribution < 1.29 is 43.2 Å². The van der Waals surface area contributed by atoms with Gasteiger partial charge in [-0.3, -0.25) is 9.59 Å². The molecule has 2 rings (SSSR count). The average molecular weight is 395 g/mol. The molecule has 10 heteroatoms. The highest BCUT2D eigenvalue weighted by atomic mass is 16.6. The van der Waals surface area contributed by atoms with Crippen LogP contribution in [-0.2, 0) is 33.4 Å². The SMILES string of the molecule is CCOC(=O)COc1cccc(N2CCOC(C(OC(C)=O)C(=O)O)C2=O)c1. The maximum atomic E-state index is 12.7. The smallest absolute Gasteiger partial charge is 0.348 e. The van der Waals surface area contributed by atoms with Crippen molar-refractivity contribution in [3.05, 3.63) is 24.3 Å². The van der Waals surface area contributed by atoms with Gasteiger partial charge < -0.3 is 29.0 Å². The number of carbonyl (C=O) groups is 4. The Labute approximate surface area is 160 Å². The van der Waals surface area contributed by atoms with E-state index in [9.17, 15) is 24.3 Å². The Balaban J connectivity index is 2.15. The Morgan fingerprint density at radius 1 is 1.36 bits per heavy atom. The van der Waals surface area contributed by atoms with Crippen LogP contribution in [0.1, 0.15) is 13.8 Å². The second-order valence-corrected chi connectivity index (χ2v) is 5.74. The minimum absolute atomic E-state index is 0.0510. The number of ether oxygens (including phenoxy) is 4. The van der Waals surface area contributed by atoms with Crippen molar-refractivity contribution in [3.8, 4) is 5.75 Å². The number of nitrogens with zero attached hydrogens (tertiary/aromatic N) is 1. The Morgan fingerprint density at radius 3 is 2.75 bits per heavy atom. The molecule has 1 aliphatic heterocycles. The van der Waals surface area contributed by atoms with Crippen molar-refractivity contribution >= 4 is 29.5 Å². The Morgan fingerprint density at radius 2 is 2.11 bits per heavy atom. The molecule has 1 aromatic carbocycles. The zero-order valence-electron chi connectivity index (χ0n) is 15.5. The third kappa shape index (κ3) is 5.43. The Bertz CT molecular complexity index is 748. The fraction of sp³-hybridized carbons (Fsp3) is 0.444. The first-order valence-electron chi connectivity index (χ1n) is 8.55. The Hall–Kier alpha value is -3.14. The molecule has 152 valence electrons. The third-order valence-electron chi connectivity index (χ3n) is 3.72. The summed E-state index contributed by atoms with van der Waals surface area (Å²) in [6.07, 6.45) is -3.23. The summed E-state index contributed by atoms with van der Waals surface area (Å²) >= 11 is 0. The van der Waals surface area contributed by atoms with Gasteiger partial charge in [-0.25, -0.2) is 9.59 Å². The molecule has 28 heavy (non-hydrogen) atoms. The number of anilines is 1. The summed E-state index contributed by atoms with van der Waals surface area (Å²) in [7, 11) is 0. The molecule has 0 radical (unpaired) electrons. The van der Waals surface area contributed by atoms with E-state index in [4.69, 9.17) is 18.9 Å². The molecule has 1 fully saturated rings. The number of carbonyl (C=O) groups excluding carboxylic acids is 3. The molecule has 2 unspecified atom stereocenters. The van der Waals surface area contributed by atoms with Crippen molar-refractivity contribution in [2.75, 3.05) is 31.3 Å². The summed E-state index contributed by atoms with van der Waals surface area (Å²) in [5.74, 6) is -3.18. The number of hydrogen-bond donors (Lipinski definition) is 1. The molecule has 0 aliphatic carbocycles. The van der Waals surface area contributed by atoms with Crippen molar-refractivity contribution in [1.82, 2.24) is 0 Å². The third-order valence-corrected chi connectivity index (χ3v) is 3.72. The number of morpholine rings is 1. The molecule has 0 spiro atoms. The molecular formula is C18H21NO9. The van der Waals surface area contributed by atoms with Gasteiger partial charge >= 0.3 is 17.9 Å². The number of benzene rings is 1. The van der Waals surface area contributed by atoms with Crippen LogP contribution in [0, 0.1) is 0 Å². The van der Waals surface area contributed by atoms with E-state index in [1.807, 2.05) is 0 Å². The second kappa shape index (κ2) is 9.70. The first-order chi connectivity index (χ1) is 13.3. The summed E-state index contributed by atoms with van der Waals surface area (Å²) in [4.78, 5) is 48.0. The van der Waals surface area contributed by atoms with Crippen molar-refractivity contribution in [2.24, 2.45) is 0 Å². The fourth-order valence-electron chi connectivity index (χ4n) is 2.59. The lowest BCUT2D eigenvalue weighted by Crippen LogP contribution is -2.55. The van der Waals surface area contributed by atoms with E-state index >= 15 is 0 Å². The molecule has 2 atom stereocenters. The van der Waals surface area contributed by atoms with Crippen molar-refractivity contribution in [1.29, 1.82) is 0 Å². The predicted molar refractivity (Wildman–Crippen MR) is 93.9 cm³/mol. The van der Waals surface area contributed by atoms with Crippen LogP contribution in [0.2, 0.25) is 0 Å². The van der Waals surface area contributed by atoms with Crippen LogP contribution >= 0.6 is 0 Å². The van der Waals surface area contributed by atoms with E-state index in [-0.39, 0.29) is 26.4 Å². The quantitative estimate of drug-likeness (QED) is 0.621. The maximum Gasteiger partial charge on any atom is 0.348 e. The van der Waals surface area contributed by atoms with Crippen LogP contribution in [0.4, 0.5) is 5.69 Å². The number of esters is 2. The zero-order valence-corrected chi connectivity index (χ0v) is 15.5. The van der Waals surface area contributed by atoms with E-state index in [1.54, 1.807) is 25.1 Å². The van der Waals surface area contributed by atoms with E-state index in [0.717, 1.165) is 6.92 Å². The molecule has 10 nitrogen and oxygen atoms in total. The van der Waals surface area contributed by atoms with Crippen LogP contribution in [0.15, 0.2) is 24.3 Å². The summed E-state index contributed by atoms with van der Waals surface area (Å²) in [5.41, 5.74) is 0.423.